The summed E-state index contributed by atoms with van der Waals surface area (Å²) in [6, 6.07) is -0.623. The number of ether oxygens (including phenoxy) is 1. The Morgan fingerprint density at radius 2 is 1.94 bits per heavy atom. The van der Waals surface area contributed by atoms with Crippen molar-refractivity contribution in [2.45, 2.75) is 39.3 Å². The predicted octanol–water partition coefficient (Wildman–Crippen LogP) is 0.916. The Hall–Kier alpha value is -1.30. The molecule has 1 amide bonds. The Morgan fingerprint density at radius 3 is 2.35 bits per heavy atom. The number of carbonyl (C=O) groups is 2. The first-order valence-corrected chi connectivity index (χ1v) is 5.54. The van der Waals surface area contributed by atoms with Crippen LogP contribution in [0.1, 0.15) is 27.7 Å². The zero-order chi connectivity index (χ0) is 13.6. The Kier molecular flexibility index (Phi) is 5.95. The van der Waals surface area contributed by atoms with Crippen molar-refractivity contribution in [3.05, 3.63) is 0 Å². The first kappa shape index (κ1) is 15.7. The topological polar surface area (TPSA) is 78.9 Å². The van der Waals surface area contributed by atoms with E-state index in [4.69, 9.17) is 9.84 Å². The van der Waals surface area contributed by atoms with Gasteiger partial charge in [-0.1, -0.05) is 0 Å². The van der Waals surface area contributed by atoms with Gasteiger partial charge in [0.15, 0.2) is 0 Å². The molecule has 1 unspecified atom stereocenters. The molecule has 0 aliphatic carbocycles. The first-order valence-electron chi connectivity index (χ1n) is 5.54. The van der Waals surface area contributed by atoms with Crippen LogP contribution >= 0.6 is 0 Å². The SMILES string of the molecule is CC(NCCN(C)C(=O)OC(C)(C)C)C(=O)O. The van der Waals surface area contributed by atoms with Gasteiger partial charge in [0.25, 0.3) is 0 Å². The summed E-state index contributed by atoms with van der Waals surface area (Å²) in [5, 5.41) is 11.4. The molecule has 6 nitrogen and oxygen atoms in total. The van der Waals surface area contributed by atoms with Crippen LogP contribution in [-0.4, -0.2) is 53.8 Å². The van der Waals surface area contributed by atoms with Gasteiger partial charge in [0.2, 0.25) is 0 Å². The maximum atomic E-state index is 11.5. The number of rotatable bonds is 5. The second kappa shape index (κ2) is 6.44. The highest BCUT2D eigenvalue weighted by molar-refractivity contribution is 5.72. The van der Waals surface area contributed by atoms with Gasteiger partial charge in [-0.05, 0) is 27.7 Å². The standard InChI is InChI=1S/C11H22N2O4/c1-8(9(14)15)12-6-7-13(5)10(16)17-11(2,3)4/h8,12H,6-7H2,1-5H3,(H,14,15). The van der Waals surface area contributed by atoms with Crippen molar-refractivity contribution in [2.75, 3.05) is 20.1 Å². The lowest BCUT2D eigenvalue weighted by Gasteiger charge is -2.24. The highest BCUT2D eigenvalue weighted by Gasteiger charge is 2.19. The lowest BCUT2D eigenvalue weighted by molar-refractivity contribution is -0.138. The fourth-order valence-corrected chi connectivity index (χ4v) is 0.967. The maximum absolute atomic E-state index is 11.5. The zero-order valence-corrected chi connectivity index (χ0v) is 11.1. The van der Waals surface area contributed by atoms with Crippen LogP contribution in [0.2, 0.25) is 0 Å². The van der Waals surface area contributed by atoms with Crippen LogP contribution in [0.25, 0.3) is 0 Å². The lowest BCUT2D eigenvalue weighted by Crippen LogP contribution is -2.41. The second-order valence-corrected chi connectivity index (χ2v) is 4.92. The number of carboxylic acids is 1. The van der Waals surface area contributed by atoms with Crippen molar-refractivity contribution in [3.8, 4) is 0 Å². The number of carbonyl (C=O) groups excluding carboxylic acids is 1. The number of carboxylic acid groups (broad SMARTS) is 1. The summed E-state index contributed by atoms with van der Waals surface area (Å²) in [5.41, 5.74) is -0.521. The first-order chi connectivity index (χ1) is 7.63. The van der Waals surface area contributed by atoms with Gasteiger partial charge < -0.3 is 20.1 Å². The van der Waals surface area contributed by atoms with Crippen LogP contribution < -0.4 is 5.32 Å². The number of amides is 1. The quantitative estimate of drug-likeness (QED) is 0.754. The second-order valence-electron chi connectivity index (χ2n) is 4.92. The Bertz CT molecular complexity index is 273. The molecule has 0 aromatic carbocycles. The summed E-state index contributed by atoms with van der Waals surface area (Å²) in [5.74, 6) is -0.912. The van der Waals surface area contributed by atoms with Gasteiger partial charge in [0, 0.05) is 20.1 Å². The molecule has 1 atom stereocenters. The van der Waals surface area contributed by atoms with E-state index in [1.807, 2.05) is 0 Å². The van der Waals surface area contributed by atoms with E-state index in [0.717, 1.165) is 0 Å². The van der Waals surface area contributed by atoms with Gasteiger partial charge in [-0.25, -0.2) is 4.79 Å². The molecule has 0 aromatic rings. The van der Waals surface area contributed by atoms with Gasteiger partial charge >= 0.3 is 12.1 Å². The minimum absolute atomic E-state index is 0.395. The molecule has 0 saturated heterocycles. The van der Waals surface area contributed by atoms with Crippen LogP contribution in [0, 0.1) is 0 Å². The van der Waals surface area contributed by atoms with Crippen LogP contribution in [0.5, 0.6) is 0 Å². The average Bonchev–Trinajstić information content (AvgIpc) is 2.14. The molecule has 0 heterocycles. The molecule has 2 N–H and O–H groups in total. The molecule has 0 spiro atoms. The third-order valence-corrected chi connectivity index (χ3v) is 1.97. The smallest absolute Gasteiger partial charge is 0.410 e. The Balaban J connectivity index is 3.90. The van der Waals surface area contributed by atoms with E-state index in [-0.39, 0.29) is 0 Å². The van der Waals surface area contributed by atoms with Crippen molar-refractivity contribution in [2.24, 2.45) is 0 Å². The summed E-state index contributed by atoms with van der Waals surface area (Å²) in [7, 11) is 1.61. The Morgan fingerprint density at radius 1 is 1.41 bits per heavy atom. The van der Waals surface area contributed by atoms with Crippen molar-refractivity contribution >= 4 is 12.1 Å². The highest BCUT2D eigenvalue weighted by atomic mass is 16.6. The normalized spacial score (nSPS) is 13.0. The third-order valence-electron chi connectivity index (χ3n) is 1.97. The fraction of sp³-hybridized carbons (Fsp3) is 0.818. The molecule has 6 heteroatoms. The van der Waals surface area contributed by atoms with E-state index in [1.165, 1.54) is 4.90 Å². The Labute approximate surface area is 102 Å². The van der Waals surface area contributed by atoms with E-state index in [0.29, 0.717) is 13.1 Å². The molecule has 0 aliphatic rings. The van der Waals surface area contributed by atoms with Gasteiger partial charge in [-0.15, -0.1) is 0 Å². The third kappa shape index (κ3) is 7.57. The minimum atomic E-state index is -0.912. The monoisotopic (exact) mass is 246 g/mol. The molecular weight excluding hydrogens is 224 g/mol. The van der Waals surface area contributed by atoms with E-state index in [1.54, 1.807) is 34.7 Å². The van der Waals surface area contributed by atoms with E-state index in [2.05, 4.69) is 5.32 Å². The maximum Gasteiger partial charge on any atom is 0.410 e. The van der Waals surface area contributed by atoms with Crippen molar-refractivity contribution < 1.29 is 19.4 Å². The van der Waals surface area contributed by atoms with E-state index < -0.39 is 23.7 Å². The number of hydrogen-bond donors (Lipinski definition) is 2. The largest absolute Gasteiger partial charge is 0.480 e. The van der Waals surface area contributed by atoms with Crippen molar-refractivity contribution in [1.82, 2.24) is 10.2 Å². The molecule has 17 heavy (non-hydrogen) atoms. The number of nitrogens with one attached hydrogen (secondary N) is 1. The lowest BCUT2D eigenvalue weighted by atomic mass is 10.2. The summed E-state index contributed by atoms with van der Waals surface area (Å²) in [6.45, 7) is 7.74. The summed E-state index contributed by atoms with van der Waals surface area (Å²) >= 11 is 0. The van der Waals surface area contributed by atoms with Gasteiger partial charge in [0.1, 0.15) is 11.6 Å². The number of nitrogens with zero attached hydrogens (tertiary/aromatic N) is 1. The fourth-order valence-electron chi connectivity index (χ4n) is 0.967. The van der Waals surface area contributed by atoms with Crippen LogP contribution in [0.3, 0.4) is 0 Å². The van der Waals surface area contributed by atoms with E-state index >= 15 is 0 Å². The molecule has 100 valence electrons. The van der Waals surface area contributed by atoms with E-state index in [9.17, 15) is 9.59 Å². The van der Waals surface area contributed by atoms with Crippen molar-refractivity contribution in [1.29, 1.82) is 0 Å². The molecule has 0 saturated carbocycles. The average molecular weight is 246 g/mol. The molecule has 0 bridgehead atoms. The molecular formula is C11H22N2O4. The molecule has 0 aliphatic heterocycles. The van der Waals surface area contributed by atoms with Gasteiger partial charge in [0.05, 0.1) is 0 Å². The highest BCUT2D eigenvalue weighted by Crippen LogP contribution is 2.08. The molecule has 0 fully saturated rings. The minimum Gasteiger partial charge on any atom is -0.480 e. The predicted molar refractivity (Wildman–Crippen MR) is 64.0 cm³/mol. The van der Waals surface area contributed by atoms with Crippen LogP contribution in [-0.2, 0) is 9.53 Å². The molecule has 0 radical (unpaired) electrons. The van der Waals surface area contributed by atoms with Gasteiger partial charge in [-0.3, -0.25) is 4.79 Å². The summed E-state index contributed by atoms with van der Waals surface area (Å²) in [6.07, 6.45) is -0.415. The number of aliphatic carboxylic acids is 1. The number of hydrogen-bond acceptors (Lipinski definition) is 4. The van der Waals surface area contributed by atoms with Crippen LogP contribution in [0.4, 0.5) is 4.79 Å². The van der Waals surface area contributed by atoms with Gasteiger partial charge in [-0.2, -0.15) is 0 Å². The van der Waals surface area contributed by atoms with Crippen LogP contribution in [0.15, 0.2) is 0 Å². The number of likely N-dealkylation sites (N-methyl/N-ethyl adjacent to an activating group) is 1. The summed E-state index contributed by atoms with van der Waals surface area (Å²) in [4.78, 5) is 23.5. The molecule has 0 aromatic heterocycles. The molecule has 0 rings (SSSR count). The van der Waals surface area contributed by atoms with Crippen molar-refractivity contribution in [3.63, 3.8) is 0 Å². The zero-order valence-electron chi connectivity index (χ0n) is 11.1. The summed E-state index contributed by atoms with van der Waals surface area (Å²) < 4.78 is 5.15.